The van der Waals surface area contributed by atoms with E-state index >= 15 is 0 Å². The number of unbranched alkanes of at least 4 members (excludes halogenated alkanes) is 6. The van der Waals surface area contributed by atoms with Crippen LogP contribution < -0.4 is 28.3 Å². The van der Waals surface area contributed by atoms with Crippen molar-refractivity contribution in [3.63, 3.8) is 0 Å². The highest BCUT2D eigenvalue weighted by Gasteiger charge is 2.29. The lowest BCUT2D eigenvalue weighted by Crippen LogP contribution is -2.46. The van der Waals surface area contributed by atoms with E-state index in [1.807, 2.05) is 6.92 Å². The first-order valence-corrected chi connectivity index (χ1v) is 10.6. The van der Waals surface area contributed by atoms with Gasteiger partial charge in [-0.2, -0.15) is 0 Å². The van der Waals surface area contributed by atoms with Crippen molar-refractivity contribution in [1.29, 1.82) is 0 Å². The molecule has 0 amide bonds. The van der Waals surface area contributed by atoms with Crippen LogP contribution in [0.5, 0.6) is 0 Å². The van der Waals surface area contributed by atoms with Gasteiger partial charge in [0, 0.05) is 12.0 Å². The molecule has 0 radical (unpaired) electrons. The molecule has 9 N–H and O–H groups in total. The Balaban J connectivity index is 4.34. The van der Waals surface area contributed by atoms with E-state index in [9.17, 15) is 9.59 Å². The molecule has 0 spiro atoms. The Labute approximate surface area is 165 Å². The Morgan fingerprint density at radius 3 is 1.96 bits per heavy atom. The lowest BCUT2D eigenvalue weighted by molar-refractivity contribution is -0.140. The highest BCUT2D eigenvalue weighted by molar-refractivity contribution is 6.39. The fraction of sp³-hybridized carbons (Fsp3) is 0.900. The van der Waals surface area contributed by atoms with E-state index in [1.165, 1.54) is 32.1 Å². The van der Waals surface area contributed by atoms with Crippen LogP contribution in [0.25, 0.3) is 0 Å². The molecule has 0 saturated carbocycles. The normalized spacial score (nSPS) is 14.9. The van der Waals surface area contributed by atoms with Gasteiger partial charge in [-0.05, 0) is 39.2 Å². The molecule has 0 aromatic heterocycles. The van der Waals surface area contributed by atoms with Crippen LogP contribution in [0.15, 0.2) is 0 Å². The van der Waals surface area contributed by atoms with Crippen LogP contribution in [-0.4, -0.2) is 36.5 Å². The number of rotatable bonds is 18. The number of nitrogens with two attached hydrogens (primary N) is 4. The molecule has 0 aliphatic carbocycles. The zero-order valence-corrected chi connectivity index (χ0v) is 17.4. The standard InChI is InChI=1S/C20H43N5O2/c1-3-4-5-6-7-8-9-11-16(14-15(2)21)18(26)19(27)17(22)12-10-13-25-20(23)24/h15-17,20,25H,3-14,21-24H2,1-2H3/t15?,16?,17-/m0/s1. The van der Waals surface area contributed by atoms with Gasteiger partial charge in [0.2, 0.25) is 11.6 Å². The molecule has 160 valence electrons. The topological polar surface area (TPSA) is 150 Å². The van der Waals surface area contributed by atoms with Crippen molar-refractivity contribution in [1.82, 2.24) is 5.32 Å². The molecule has 27 heavy (non-hydrogen) atoms. The second-order valence-corrected chi connectivity index (χ2v) is 7.78. The predicted molar refractivity (Wildman–Crippen MR) is 112 cm³/mol. The molecule has 0 aromatic rings. The highest BCUT2D eigenvalue weighted by Crippen LogP contribution is 2.19. The molecule has 0 bridgehead atoms. The van der Waals surface area contributed by atoms with Crippen molar-refractivity contribution in [2.75, 3.05) is 6.54 Å². The summed E-state index contributed by atoms with van der Waals surface area (Å²) in [4.78, 5) is 25.0. The van der Waals surface area contributed by atoms with Crippen molar-refractivity contribution >= 4 is 11.6 Å². The van der Waals surface area contributed by atoms with Gasteiger partial charge in [0.05, 0.1) is 6.04 Å². The van der Waals surface area contributed by atoms with Crippen LogP contribution in [0.2, 0.25) is 0 Å². The number of nitrogens with one attached hydrogen (secondary N) is 1. The Bertz CT molecular complexity index is 402. The van der Waals surface area contributed by atoms with Gasteiger partial charge < -0.3 is 22.9 Å². The van der Waals surface area contributed by atoms with Gasteiger partial charge in [-0.25, -0.2) is 0 Å². The number of Topliss-reactive ketones (excluding diaryl/α,β-unsaturated/α-hetero) is 2. The molecular weight excluding hydrogens is 342 g/mol. The maximum Gasteiger partial charge on any atom is 0.215 e. The lowest BCUT2D eigenvalue weighted by Gasteiger charge is -2.19. The highest BCUT2D eigenvalue weighted by atomic mass is 16.2. The number of carbonyl (C=O) groups is 2. The average Bonchev–Trinajstić information content (AvgIpc) is 2.61. The van der Waals surface area contributed by atoms with Crippen molar-refractivity contribution in [3.8, 4) is 0 Å². The summed E-state index contributed by atoms with van der Waals surface area (Å²) in [5.41, 5.74) is 22.6. The first-order chi connectivity index (χ1) is 12.8. The molecular formula is C20H43N5O2. The smallest absolute Gasteiger partial charge is 0.215 e. The molecule has 2 unspecified atom stereocenters. The first kappa shape index (κ1) is 26.1. The molecule has 3 atom stereocenters. The van der Waals surface area contributed by atoms with Crippen LogP contribution in [-0.2, 0) is 9.59 Å². The summed E-state index contributed by atoms with van der Waals surface area (Å²) in [6, 6.07) is -0.874. The zero-order valence-electron chi connectivity index (χ0n) is 17.4. The largest absolute Gasteiger partial charge is 0.328 e. The zero-order chi connectivity index (χ0) is 20.7. The minimum absolute atomic E-state index is 0.109. The van der Waals surface area contributed by atoms with E-state index in [4.69, 9.17) is 22.9 Å². The minimum atomic E-state index is -0.766. The van der Waals surface area contributed by atoms with Gasteiger partial charge >= 0.3 is 0 Å². The maximum atomic E-state index is 12.6. The van der Waals surface area contributed by atoms with Crippen LogP contribution in [0.1, 0.15) is 84.5 Å². The average molecular weight is 386 g/mol. The molecule has 0 fully saturated rings. The fourth-order valence-electron chi connectivity index (χ4n) is 3.26. The molecule has 0 aliphatic heterocycles. The summed E-state index contributed by atoms with van der Waals surface area (Å²) < 4.78 is 0. The lowest BCUT2D eigenvalue weighted by atomic mass is 9.86. The van der Waals surface area contributed by atoms with Crippen LogP contribution in [0, 0.1) is 5.92 Å². The summed E-state index contributed by atoms with van der Waals surface area (Å²) in [7, 11) is 0. The van der Waals surface area contributed by atoms with Crippen LogP contribution >= 0.6 is 0 Å². The Kier molecular flexibility index (Phi) is 15.6. The quantitative estimate of drug-likeness (QED) is 0.136. The summed E-state index contributed by atoms with van der Waals surface area (Å²) >= 11 is 0. The molecule has 7 heteroatoms. The van der Waals surface area contributed by atoms with E-state index in [0.29, 0.717) is 25.8 Å². The van der Waals surface area contributed by atoms with Crippen molar-refractivity contribution in [2.24, 2.45) is 28.9 Å². The molecule has 0 rings (SSSR count). The van der Waals surface area contributed by atoms with Crippen LogP contribution in [0.4, 0.5) is 0 Å². The van der Waals surface area contributed by atoms with E-state index < -0.39 is 18.1 Å². The number of hydrogen-bond donors (Lipinski definition) is 5. The van der Waals surface area contributed by atoms with Gasteiger partial charge in [-0.3, -0.25) is 14.9 Å². The second-order valence-electron chi connectivity index (χ2n) is 7.78. The molecule has 0 heterocycles. The van der Waals surface area contributed by atoms with Gasteiger partial charge in [0.15, 0.2) is 0 Å². The van der Waals surface area contributed by atoms with Gasteiger partial charge in [-0.1, -0.05) is 51.9 Å². The number of carbonyl (C=O) groups excluding carboxylic acids is 2. The van der Waals surface area contributed by atoms with Crippen molar-refractivity contribution in [2.45, 2.75) is 103 Å². The van der Waals surface area contributed by atoms with Crippen molar-refractivity contribution < 1.29 is 9.59 Å². The molecule has 0 aliphatic rings. The first-order valence-electron chi connectivity index (χ1n) is 10.6. The van der Waals surface area contributed by atoms with E-state index in [1.54, 1.807) is 0 Å². The van der Waals surface area contributed by atoms with Gasteiger partial charge in [-0.15, -0.1) is 0 Å². The van der Waals surface area contributed by atoms with E-state index in [-0.39, 0.29) is 17.7 Å². The summed E-state index contributed by atoms with van der Waals surface area (Å²) in [6.45, 7) is 4.64. The third kappa shape index (κ3) is 13.9. The van der Waals surface area contributed by atoms with Crippen molar-refractivity contribution in [3.05, 3.63) is 0 Å². The summed E-state index contributed by atoms with van der Waals surface area (Å²) in [5.74, 6) is -1.13. The second kappa shape index (κ2) is 16.1. The third-order valence-electron chi connectivity index (χ3n) is 4.83. The Hall–Kier alpha value is -0.860. The van der Waals surface area contributed by atoms with E-state index in [2.05, 4.69) is 12.2 Å². The summed E-state index contributed by atoms with van der Waals surface area (Å²) in [5, 5.41) is 2.86. The predicted octanol–water partition coefficient (Wildman–Crippen LogP) is 1.52. The Morgan fingerprint density at radius 1 is 0.815 bits per heavy atom. The minimum Gasteiger partial charge on any atom is -0.328 e. The number of ketones is 2. The third-order valence-corrected chi connectivity index (χ3v) is 4.83. The molecule has 0 saturated heterocycles. The van der Waals surface area contributed by atoms with E-state index in [0.717, 1.165) is 19.3 Å². The monoisotopic (exact) mass is 385 g/mol. The van der Waals surface area contributed by atoms with Crippen LogP contribution in [0.3, 0.4) is 0 Å². The fourth-order valence-corrected chi connectivity index (χ4v) is 3.26. The van der Waals surface area contributed by atoms with Gasteiger partial charge in [0.25, 0.3) is 0 Å². The summed E-state index contributed by atoms with van der Waals surface area (Å²) in [6.07, 6.45) is 10.0. The van der Waals surface area contributed by atoms with Gasteiger partial charge in [0.1, 0.15) is 6.29 Å². The Morgan fingerprint density at radius 2 is 1.41 bits per heavy atom. The molecule has 0 aromatic carbocycles. The maximum absolute atomic E-state index is 12.6. The molecule has 7 nitrogen and oxygen atoms in total. The number of hydrogen-bond acceptors (Lipinski definition) is 7. The SMILES string of the molecule is CCCCCCCCCC(CC(C)N)C(=O)C(=O)[C@@H](N)CCCNC(N)N.